The van der Waals surface area contributed by atoms with E-state index in [0.717, 1.165) is 0 Å². The Morgan fingerprint density at radius 2 is 2.10 bits per heavy atom. The minimum Gasteiger partial charge on any atom is -0.478 e. The molecule has 20 heavy (non-hydrogen) atoms. The summed E-state index contributed by atoms with van der Waals surface area (Å²) in [5.74, 6) is -0.631. The van der Waals surface area contributed by atoms with Crippen molar-refractivity contribution in [2.24, 2.45) is 0 Å². The molecule has 0 aliphatic heterocycles. The zero-order valence-corrected chi connectivity index (χ0v) is 12.0. The first-order valence-electron chi connectivity index (χ1n) is 5.91. The van der Waals surface area contributed by atoms with Gasteiger partial charge in [-0.25, -0.2) is 4.79 Å². The Kier molecular flexibility index (Phi) is 4.57. The quantitative estimate of drug-likeness (QED) is 0.877. The molecule has 5 nitrogen and oxygen atoms in total. The van der Waals surface area contributed by atoms with Gasteiger partial charge in [-0.3, -0.25) is 4.79 Å². The number of carboxylic acids is 1. The molecule has 0 unspecified atom stereocenters. The molecule has 0 atom stereocenters. The molecule has 1 amide bonds. The summed E-state index contributed by atoms with van der Waals surface area (Å²) >= 11 is 3.25. The Balaban J connectivity index is 2.03. The van der Waals surface area contributed by atoms with Crippen LogP contribution in [-0.4, -0.2) is 17.0 Å². The first-order valence-corrected chi connectivity index (χ1v) is 6.70. The number of nitrogens with one attached hydrogen (secondary N) is 1. The van der Waals surface area contributed by atoms with Crippen LogP contribution < -0.4 is 5.32 Å². The van der Waals surface area contributed by atoms with Crippen molar-refractivity contribution in [3.05, 3.63) is 52.4 Å². The molecule has 0 saturated heterocycles. The van der Waals surface area contributed by atoms with E-state index < -0.39 is 5.97 Å². The highest BCUT2D eigenvalue weighted by atomic mass is 79.9. The third-order valence-electron chi connectivity index (χ3n) is 2.66. The lowest BCUT2D eigenvalue weighted by molar-refractivity contribution is -0.116. The van der Waals surface area contributed by atoms with Crippen LogP contribution in [0, 0.1) is 0 Å². The number of carboxylic acid groups (broad SMARTS) is 1. The van der Waals surface area contributed by atoms with Gasteiger partial charge in [-0.2, -0.15) is 0 Å². The Morgan fingerprint density at radius 3 is 2.75 bits per heavy atom. The first-order chi connectivity index (χ1) is 9.56. The Bertz CT molecular complexity index is 622. The number of hydrogen-bond donors (Lipinski definition) is 2. The van der Waals surface area contributed by atoms with Crippen LogP contribution in [0.5, 0.6) is 0 Å². The molecule has 0 saturated carbocycles. The summed E-state index contributed by atoms with van der Waals surface area (Å²) in [6, 6.07) is 8.16. The fraction of sp³-hybridized carbons (Fsp3) is 0.143. The Morgan fingerprint density at radius 1 is 1.30 bits per heavy atom. The molecule has 0 spiro atoms. The zero-order chi connectivity index (χ0) is 14.5. The van der Waals surface area contributed by atoms with Crippen molar-refractivity contribution in [3.63, 3.8) is 0 Å². The van der Waals surface area contributed by atoms with Crippen LogP contribution in [-0.2, 0) is 11.2 Å². The van der Waals surface area contributed by atoms with Gasteiger partial charge in [0.05, 0.1) is 17.5 Å². The maximum Gasteiger partial charge on any atom is 0.337 e. The average Bonchev–Trinajstić information content (AvgIpc) is 2.89. The second kappa shape index (κ2) is 6.38. The molecule has 2 aromatic rings. The molecular formula is C14H12BrNO4. The monoisotopic (exact) mass is 337 g/mol. The smallest absolute Gasteiger partial charge is 0.337 e. The van der Waals surface area contributed by atoms with E-state index in [1.165, 1.54) is 6.07 Å². The zero-order valence-electron chi connectivity index (χ0n) is 10.4. The largest absolute Gasteiger partial charge is 0.478 e. The number of amides is 1. The average molecular weight is 338 g/mol. The number of furan rings is 1. The van der Waals surface area contributed by atoms with Crippen molar-refractivity contribution in [1.29, 1.82) is 0 Å². The first kappa shape index (κ1) is 14.3. The van der Waals surface area contributed by atoms with E-state index in [9.17, 15) is 9.59 Å². The van der Waals surface area contributed by atoms with Gasteiger partial charge in [-0.15, -0.1) is 0 Å². The summed E-state index contributed by atoms with van der Waals surface area (Å²) in [5, 5.41) is 11.7. The predicted octanol–water partition coefficient (Wildman–Crippen LogP) is 3.31. The van der Waals surface area contributed by atoms with E-state index in [1.807, 2.05) is 0 Å². The van der Waals surface area contributed by atoms with Crippen LogP contribution in [0.2, 0.25) is 0 Å². The van der Waals surface area contributed by atoms with Crippen molar-refractivity contribution < 1.29 is 19.1 Å². The fourth-order valence-electron chi connectivity index (χ4n) is 1.71. The number of benzene rings is 1. The molecule has 1 aromatic heterocycles. The van der Waals surface area contributed by atoms with Crippen LogP contribution in [0.1, 0.15) is 22.5 Å². The van der Waals surface area contributed by atoms with Gasteiger partial charge in [0, 0.05) is 17.3 Å². The minimum absolute atomic E-state index is 0.0551. The van der Waals surface area contributed by atoms with Gasteiger partial charge in [0.25, 0.3) is 0 Å². The van der Waals surface area contributed by atoms with Gasteiger partial charge < -0.3 is 14.8 Å². The van der Waals surface area contributed by atoms with Crippen LogP contribution in [0.15, 0.2) is 45.5 Å². The molecule has 0 radical (unpaired) electrons. The van der Waals surface area contributed by atoms with E-state index in [1.54, 1.807) is 30.5 Å². The number of hydrogen-bond acceptors (Lipinski definition) is 3. The van der Waals surface area contributed by atoms with Gasteiger partial charge in [0.15, 0.2) is 0 Å². The summed E-state index contributed by atoms with van der Waals surface area (Å²) in [5.41, 5.74) is 0.330. The van der Waals surface area contributed by atoms with Crippen LogP contribution >= 0.6 is 15.9 Å². The fourth-order valence-corrected chi connectivity index (χ4v) is 2.07. The van der Waals surface area contributed by atoms with Crippen LogP contribution in [0.3, 0.4) is 0 Å². The number of halogens is 1. The third kappa shape index (κ3) is 3.71. The topological polar surface area (TPSA) is 79.5 Å². The normalized spacial score (nSPS) is 10.2. The van der Waals surface area contributed by atoms with Crippen molar-refractivity contribution in [2.75, 3.05) is 5.32 Å². The van der Waals surface area contributed by atoms with Gasteiger partial charge in [0.1, 0.15) is 5.76 Å². The number of carbonyl (C=O) groups excluding carboxylic acids is 1. The van der Waals surface area contributed by atoms with E-state index >= 15 is 0 Å². The van der Waals surface area contributed by atoms with Crippen molar-refractivity contribution in [3.8, 4) is 0 Å². The Hall–Kier alpha value is -2.08. The number of anilines is 1. The van der Waals surface area contributed by atoms with Crippen molar-refractivity contribution in [1.82, 2.24) is 0 Å². The molecule has 1 aromatic carbocycles. The molecule has 6 heteroatoms. The lowest BCUT2D eigenvalue weighted by Crippen LogP contribution is -2.15. The molecule has 0 aliphatic carbocycles. The highest BCUT2D eigenvalue weighted by Crippen LogP contribution is 2.22. The minimum atomic E-state index is -1.08. The third-order valence-corrected chi connectivity index (χ3v) is 3.16. The Labute approximate surface area is 123 Å². The maximum absolute atomic E-state index is 11.8. The molecule has 0 fully saturated rings. The maximum atomic E-state index is 11.8. The van der Waals surface area contributed by atoms with Gasteiger partial charge in [-0.05, 0) is 30.3 Å². The molecule has 0 aliphatic rings. The standard InChI is InChI=1S/C14H12BrNO4/c15-9-3-5-11(14(18)19)12(8-9)16-13(17)6-4-10-2-1-7-20-10/h1-3,5,7-8H,4,6H2,(H,16,17)(H,18,19). The van der Waals surface area contributed by atoms with Gasteiger partial charge in [0.2, 0.25) is 5.91 Å². The summed E-state index contributed by atoms with van der Waals surface area (Å²) in [6.45, 7) is 0. The molecule has 1 heterocycles. The van der Waals surface area contributed by atoms with Crippen LogP contribution in [0.25, 0.3) is 0 Å². The lowest BCUT2D eigenvalue weighted by atomic mass is 10.1. The number of aryl methyl sites for hydroxylation is 1. The SMILES string of the molecule is O=C(CCc1ccco1)Nc1cc(Br)ccc1C(=O)O. The van der Waals surface area contributed by atoms with E-state index in [2.05, 4.69) is 21.2 Å². The highest BCUT2D eigenvalue weighted by molar-refractivity contribution is 9.10. The van der Waals surface area contributed by atoms with Gasteiger partial charge >= 0.3 is 5.97 Å². The van der Waals surface area contributed by atoms with E-state index in [-0.39, 0.29) is 23.6 Å². The molecular weight excluding hydrogens is 326 g/mol. The second-order valence-electron chi connectivity index (χ2n) is 4.12. The van der Waals surface area contributed by atoms with Crippen molar-refractivity contribution >= 4 is 33.5 Å². The molecule has 2 rings (SSSR count). The molecule has 104 valence electrons. The van der Waals surface area contributed by atoms with E-state index in [4.69, 9.17) is 9.52 Å². The molecule has 2 N–H and O–H groups in total. The van der Waals surface area contributed by atoms with Crippen molar-refractivity contribution in [2.45, 2.75) is 12.8 Å². The predicted molar refractivity (Wildman–Crippen MR) is 76.8 cm³/mol. The number of rotatable bonds is 5. The lowest BCUT2D eigenvalue weighted by Gasteiger charge is -2.08. The summed E-state index contributed by atoms with van der Waals surface area (Å²) in [4.78, 5) is 22.9. The number of carbonyl (C=O) groups is 2. The van der Waals surface area contributed by atoms with E-state index in [0.29, 0.717) is 16.7 Å². The van der Waals surface area contributed by atoms with Gasteiger partial charge in [-0.1, -0.05) is 15.9 Å². The molecule has 0 bridgehead atoms. The van der Waals surface area contributed by atoms with Crippen LogP contribution in [0.4, 0.5) is 5.69 Å². The summed E-state index contributed by atoms with van der Waals surface area (Å²) in [7, 11) is 0. The second-order valence-corrected chi connectivity index (χ2v) is 5.04. The highest BCUT2D eigenvalue weighted by Gasteiger charge is 2.13. The summed E-state index contributed by atoms with van der Waals surface area (Å²) < 4.78 is 5.83. The summed E-state index contributed by atoms with van der Waals surface area (Å²) in [6.07, 6.45) is 2.23. The number of aromatic carboxylic acids is 1.